The molecule has 4 aromatic carbocycles. The zero-order chi connectivity index (χ0) is 56.1. The predicted octanol–water partition coefficient (Wildman–Crippen LogP) is 8.61. The van der Waals surface area contributed by atoms with Crippen molar-refractivity contribution < 1.29 is 95.2 Å². The average Bonchev–Trinajstić information content (AvgIpc) is 3.46. The van der Waals surface area contributed by atoms with Crippen LogP contribution < -0.4 is 28.4 Å². The van der Waals surface area contributed by atoms with E-state index >= 15 is 0 Å². The molecule has 0 saturated heterocycles. The molecular formula is C58H64O20. The van der Waals surface area contributed by atoms with Crippen LogP contribution in [0.25, 0.3) is 0 Å². The van der Waals surface area contributed by atoms with Gasteiger partial charge in [-0.1, -0.05) is 13.2 Å². The quantitative estimate of drug-likeness (QED) is 0.0146. The number of hydrogen-bond donors (Lipinski definition) is 0. The third-order valence-electron chi connectivity index (χ3n) is 11.5. The summed E-state index contributed by atoms with van der Waals surface area (Å²) in [5, 5.41) is 0. The fraction of sp³-hybridized carbons (Fsp3) is 0.379. The van der Waals surface area contributed by atoms with Crippen molar-refractivity contribution in [1.82, 2.24) is 0 Å². The van der Waals surface area contributed by atoms with E-state index in [-0.39, 0.29) is 111 Å². The van der Waals surface area contributed by atoms with Gasteiger partial charge in [0.25, 0.3) is 0 Å². The second kappa shape index (κ2) is 32.9. The van der Waals surface area contributed by atoms with Crippen molar-refractivity contribution in [3.63, 3.8) is 0 Å². The van der Waals surface area contributed by atoms with Gasteiger partial charge in [-0.05, 0) is 150 Å². The highest BCUT2D eigenvalue weighted by Crippen LogP contribution is 2.34. The van der Waals surface area contributed by atoms with Gasteiger partial charge in [0.15, 0.2) is 0 Å². The largest absolute Gasteiger partial charge is 0.494 e. The molecule has 4 aromatic rings. The highest BCUT2D eigenvalue weighted by molar-refractivity contribution is 5.97. The summed E-state index contributed by atoms with van der Waals surface area (Å²) >= 11 is 0. The molecule has 0 atom stereocenters. The van der Waals surface area contributed by atoms with Crippen molar-refractivity contribution in [3.8, 4) is 34.5 Å². The Labute approximate surface area is 451 Å². The van der Waals surface area contributed by atoms with Crippen molar-refractivity contribution in [2.45, 2.75) is 65.2 Å². The lowest BCUT2D eigenvalue weighted by Crippen LogP contribution is -2.31. The summed E-state index contributed by atoms with van der Waals surface area (Å²) in [7, 11) is 0. The van der Waals surface area contributed by atoms with Crippen LogP contribution in [0.4, 0.5) is 0 Å². The number of ether oxygens (including phenoxy) is 12. The lowest BCUT2D eigenvalue weighted by atomic mass is 9.82. The average molecular weight is 1080 g/mol. The molecule has 0 amide bonds. The second-order valence-electron chi connectivity index (χ2n) is 17.1. The molecule has 0 aromatic heterocycles. The minimum absolute atomic E-state index is 0.0323. The molecule has 1 aliphatic carbocycles. The highest BCUT2D eigenvalue weighted by Gasteiger charge is 2.34. The second-order valence-corrected chi connectivity index (χ2v) is 17.1. The van der Waals surface area contributed by atoms with Gasteiger partial charge in [0.2, 0.25) is 0 Å². The molecule has 5 rings (SSSR count). The Kier molecular flexibility index (Phi) is 25.6. The molecule has 20 heteroatoms. The molecule has 0 aliphatic heterocycles. The van der Waals surface area contributed by atoms with Crippen LogP contribution in [0.5, 0.6) is 34.5 Å². The van der Waals surface area contributed by atoms with Crippen molar-refractivity contribution in [2.75, 3.05) is 66.1 Å². The van der Waals surface area contributed by atoms with Crippen LogP contribution in [-0.4, -0.2) is 114 Å². The van der Waals surface area contributed by atoms with Crippen LogP contribution in [0.15, 0.2) is 110 Å². The molecule has 1 saturated carbocycles. The minimum Gasteiger partial charge on any atom is -0.494 e. The smallest absolute Gasteiger partial charge is 0.343 e. The van der Waals surface area contributed by atoms with Crippen LogP contribution in [0, 0.1) is 11.8 Å². The van der Waals surface area contributed by atoms with Crippen molar-refractivity contribution in [2.24, 2.45) is 11.8 Å². The molecular weight excluding hydrogens is 1020 g/mol. The van der Waals surface area contributed by atoms with E-state index in [2.05, 4.69) is 13.2 Å². The number of carbonyl (C=O) groups excluding carboxylic acids is 8. The number of carbonyl (C=O) groups is 8. The van der Waals surface area contributed by atoms with E-state index in [4.69, 9.17) is 56.8 Å². The lowest BCUT2D eigenvalue weighted by molar-refractivity contribution is -0.145. The van der Waals surface area contributed by atoms with Crippen molar-refractivity contribution in [3.05, 3.63) is 132 Å². The van der Waals surface area contributed by atoms with E-state index in [1.54, 1.807) is 38.1 Å². The van der Waals surface area contributed by atoms with Gasteiger partial charge in [-0.2, -0.15) is 0 Å². The zero-order valence-electron chi connectivity index (χ0n) is 43.7. The minimum atomic E-state index is -0.863. The summed E-state index contributed by atoms with van der Waals surface area (Å²) in [6, 6.07) is 20.2. The fourth-order valence-electron chi connectivity index (χ4n) is 7.38. The number of benzene rings is 4. The van der Waals surface area contributed by atoms with Gasteiger partial charge in [0, 0.05) is 25.4 Å². The first-order valence-corrected chi connectivity index (χ1v) is 25.5. The summed E-state index contributed by atoms with van der Waals surface area (Å²) in [6.07, 6.45) is 5.45. The first-order valence-electron chi connectivity index (χ1n) is 25.5. The molecule has 1 aliphatic rings. The third kappa shape index (κ3) is 20.3. The monoisotopic (exact) mass is 1080 g/mol. The number of esters is 8. The molecule has 0 radical (unpaired) electrons. The fourth-order valence-corrected chi connectivity index (χ4v) is 7.38. The lowest BCUT2D eigenvalue weighted by Gasteiger charge is -2.26. The molecule has 20 nitrogen and oxygen atoms in total. The molecule has 78 heavy (non-hydrogen) atoms. The Balaban J connectivity index is 1.17. The maximum absolute atomic E-state index is 13.6. The SMILES string of the molecule is C=CC(=O)OCCCCOc1ccc(C(=O)Oc2ccc(OC(=O)C3CCC(C(=O)Oc4ccc(OC(=O)c5ccc(OCCCCOC(=O)C=C)cc5)cc4C(=O)OCCOCC)CC3)c(C(=O)OCCOCC)c2)cc1. The summed E-state index contributed by atoms with van der Waals surface area (Å²) in [5.74, 6) is -6.23. The van der Waals surface area contributed by atoms with Crippen LogP contribution in [0.1, 0.15) is 107 Å². The molecule has 0 heterocycles. The van der Waals surface area contributed by atoms with Crippen molar-refractivity contribution in [1.29, 1.82) is 0 Å². The number of unbranched alkanes of at least 4 members (excludes halogenated alkanes) is 2. The Morgan fingerprint density at radius 2 is 0.782 bits per heavy atom. The first kappa shape index (κ1) is 60.5. The molecule has 1 fully saturated rings. The number of hydrogen-bond acceptors (Lipinski definition) is 20. The normalized spacial score (nSPS) is 13.6. The van der Waals surface area contributed by atoms with Crippen molar-refractivity contribution >= 4 is 47.8 Å². The van der Waals surface area contributed by atoms with Gasteiger partial charge in [0.1, 0.15) is 58.8 Å². The van der Waals surface area contributed by atoms with Gasteiger partial charge in [-0.25, -0.2) is 28.8 Å². The summed E-state index contributed by atoms with van der Waals surface area (Å²) in [6.45, 7) is 12.2. The van der Waals surface area contributed by atoms with E-state index in [0.717, 1.165) is 12.2 Å². The highest BCUT2D eigenvalue weighted by atomic mass is 16.6. The summed E-state index contributed by atoms with van der Waals surface area (Å²) in [5.41, 5.74) is -0.00202. The zero-order valence-corrected chi connectivity index (χ0v) is 43.7. The molecule has 0 bridgehead atoms. The Hall–Kier alpha value is -8.36. The van der Waals surface area contributed by atoms with Gasteiger partial charge in [0.05, 0.1) is 62.6 Å². The van der Waals surface area contributed by atoms with Crippen LogP contribution in [-0.2, 0) is 47.6 Å². The Bertz CT molecular complexity index is 2490. The standard InChI is InChI=1S/C58H64O20/c1-5-51(59)71-31-11-9-29-69-43-21-17-41(18-22-43)53(61)75-45-25-27-49(47(37-45)57(65)73-35-33-67-7-3)77-55(63)39-13-15-40(16-14-39)56(64)78-50-28-26-46(38-48(50)58(66)74-36-34-68-8-4)76-54(62)42-19-23-44(24-20-42)70-30-10-12-32-72-52(60)6-2/h5-6,17-28,37-40H,1-2,7-16,29-36H2,3-4H3. The van der Waals surface area contributed by atoms with Gasteiger partial charge in [-0.15, -0.1) is 0 Å². The van der Waals surface area contributed by atoms with Crippen LogP contribution >= 0.6 is 0 Å². The van der Waals surface area contributed by atoms with Crippen LogP contribution in [0.2, 0.25) is 0 Å². The molecule has 0 unspecified atom stereocenters. The topological polar surface area (TPSA) is 247 Å². The van der Waals surface area contributed by atoms with E-state index in [1.807, 2.05) is 0 Å². The predicted molar refractivity (Wildman–Crippen MR) is 278 cm³/mol. The maximum Gasteiger partial charge on any atom is 0.343 e. The summed E-state index contributed by atoms with van der Waals surface area (Å²) in [4.78, 5) is 103. The van der Waals surface area contributed by atoms with E-state index in [1.165, 1.54) is 60.7 Å². The van der Waals surface area contributed by atoms with Gasteiger partial charge < -0.3 is 56.8 Å². The van der Waals surface area contributed by atoms with Gasteiger partial charge in [-0.3, -0.25) is 9.59 Å². The first-order chi connectivity index (χ1) is 37.8. The van der Waals surface area contributed by atoms with E-state index < -0.39 is 59.6 Å². The number of rotatable bonds is 32. The Morgan fingerprint density at radius 1 is 0.423 bits per heavy atom. The molecule has 0 N–H and O–H groups in total. The summed E-state index contributed by atoms with van der Waals surface area (Å²) < 4.78 is 65.3. The third-order valence-corrected chi connectivity index (χ3v) is 11.5. The Morgan fingerprint density at radius 3 is 1.14 bits per heavy atom. The van der Waals surface area contributed by atoms with Crippen LogP contribution in [0.3, 0.4) is 0 Å². The maximum atomic E-state index is 13.6. The van der Waals surface area contributed by atoms with Gasteiger partial charge >= 0.3 is 47.8 Å². The molecule has 416 valence electrons. The molecule has 0 spiro atoms. The van der Waals surface area contributed by atoms with E-state index in [0.29, 0.717) is 63.6 Å². The van der Waals surface area contributed by atoms with E-state index in [9.17, 15) is 38.4 Å².